The van der Waals surface area contributed by atoms with E-state index in [-0.39, 0.29) is 6.29 Å². The fraction of sp³-hybridized carbons (Fsp3) is 0.300. The van der Waals surface area contributed by atoms with E-state index in [1.165, 1.54) is 5.56 Å². The molecule has 0 bridgehead atoms. The van der Waals surface area contributed by atoms with Gasteiger partial charge in [0.2, 0.25) is 0 Å². The zero-order valence-electron chi connectivity index (χ0n) is 13.6. The molecule has 3 rings (SSSR count). The molecule has 2 heteroatoms. The Bertz CT molecular complexity index is 488. The van der Waals surface area contributed by atoms with E-state index in [1.54, 1.807) is 0 Å². The summed E-state index contributed by atoms with van der Waals surface area (Å²) < 4.78 is 10.9. The molecule has 0 radical (unpaired) electrons. The van der Waals surface area contributed by atoms with Gasteiger partial charge in [0.05, 0.1) is 13.2 Å². The molecule has 2 nitrogen and oxygen atoms in total. The van der Waals surface area contributed by atoms with Crippen molar-refractivity contribution < 1.29 is 9.47 Å². The standard InChI is InChI=1S/C10H12O2.C8H8.C2H6/c1-2-5-9(6-3-1)10-11-7-4-8-12-10;1-2-8-6-4-3-5-7-8;1-2/h1-3,5-6,10H,4,7-8H2;2-7H,1H2;1-2H3. The molecule has 1 heterocycles. The monoisotopic (exact) mass is 298 g/mol. The van der Waals surface area contributed by atoms with Gasteiger partial charge in [-0.3, -0.25) is 0 Å². The number of benzene rings is 2. The third kappa shape index (κ3) is 6.70. The summed E-state index contributed by atoms with van der Waals surface area (Å²) in [6.45, 7) is 9.24. The number of ether oxygens (including phenoxy) is 2. The number of hydrogen-bond donors (Lipinski definition) is 0. The zero-order valence-corrected chi connectivity index (χ0v) is 13.6. The van der Waals surface area contributed by atoms with E-state index >= 15 is 0 Å². The van der Waals surface area contributed by atoms with Gasteiger partial charge in [-0.2, -0.15) is 0 Å². The lowest BCUT2D eigenvalue weighted by Crippen LogP contribution is -2.17. The molecule has 2 aromatic rings. The number of rotatable bonds is 2. The van der Waals surface area contributed by atoms with Crippen LogP contribution in [0.1, 0.15) is 37.7 Å². The Labute approximate surface area is 134 Å². The summed E-state index contributed by atoms with van der Waals surface area (Å²) in [6, 6.07) is 20.1. The van der Waals surface area contributed by atoms with Gasteiger partial charge < -0.3 is 9.47 Å². The second-order valence-electron chi connectivity index (χ2n) is 4.45. The average Bonchev–Trinajstić information content (AvgIpc) is 2.66. The van der Waals surface area contributed by atoms with E-state index in [2.05, 4.69) is 6.58 Å². The van der Waals surface area contributed by atoms with Crippen LogP contribution >= 0.6 is 0 Å². The Morgan fingerprint density at radius 3 is 1.82 bits per heavy atom. The smallest absolute Gasteiger partial charge is 0.183 e. The van der Waals surface area contributed by atoms with Crippen molar-refractivity contribution in [1.82, 2.24) is 0 Å². The van der Waals surface area contributed by atoms with Crippen molar-refractivity contribution in [3.05, 3.63) is 78.4 Å². The molecule has 1 aliphatic rings. The van der Waals surface area contributed by atoms with Crippen LogP contribution in [0.2, 0.25) is 0 Å². The van der Waals surface area contributed by atoms with Crippen LogP contribution in [-0.4, -0.2) is 13.2 Å². The first-order chi connectivity index (χ1) is 10.9. The molecule has 0 N–H and O–H groups in total. The second-order valence-corrected chi connectivity index (χ2v) is 4.45. The molecule has 0 atom stereocenters. The lowest BCUT2D eigenvalue weighted by atomic mass is 10.2. The Hall–Kier alpha value is -1.90. The van der Waals surface area contributed by atoms with Gasteiger partial charge in [0.25, 0.3) is 0 Å². The van der Waals surface area contributed by atoms with Crippen LogP contribution in [0, 0.1) is 0 Å². The minimum atomic E-state index is -0.139. The van der Waals surface area contributed by atoms with Crippen LogP contribution in [0.5, 0.6) is 0 Å². The minimum Gasteiger partial charge on any atom is -0.348 e. The van der Waals surface area contributed by atoms with Crippen molar-refractivity contribution >= 4 is 6.08 Å². The summed E-state index contributed by atoms with van der Waals surface area (Å²) in [5.74, 6) is 0. The Kier molecular flexibility index (Phi) is 9.67. The second kappa shape index (κ2) is 11.7. The highest BCUT2D eigenvalue weighted by atomic mass is 16.7. The molecule has 0 unspecified atom stereocenters. The Balaban J connectivity index is 0.000000211. The summed E-state index contributed by atoms with van der Waals surface area (Å²) in [7, 11) is 0. The minimum absolute atomic E-state index is 0.139. The molecule has 0 spiro atoms. The molecule has 1 saturated heterocycles. The van der Waals surface area contributed by atoms with Gasteiger partial charge in [-0.15, -0.1) is 0 Å². The lowest BCUT2D eigenvalue weighted by molar-refractivity contribution is -0.183. The Morgan fingerprint density at radius 2 is 1.36 bits per heavy atom. The summed E-state index contributed by atoms with van der Waals surface area (Å²) in [5.41, 5.74) is 2.28. The molecule has 118 valence electrons. The van der Waals surface area contributed by atoms with Crippen molar-refractivity contribution in [2.45, 2.75) is 26.6 Å². The molecular weight excluding hydrogens is 272 g/mol. The lowest BCUT2D eigenvalue weighted by Gasteiger charge is -2.23. The van der Waals surface area contributed by atoms with Crippen molar-refractivity contribution in [2.24, 2.45) is 0 Å². The van der Waals surface area contributed by atoms with Crippen molar-refractivity contribution in [3.63, 3.8) is 0 Å². The first-order valence-electron chi connectivity index (χ1n) is 7.86. The van der Waals surface area contributed by atoms with Gasteiger partial charge in [0.1, 0.15) is 0 Å². The van der Waals surface area contributed by atoms with Crippen LogP contribution < -0.4 is 0 Å². The van der Waals surface area contributed by atoms with E-state index in [9.17, 15) is 0 Å². The average molecular weight is 298 g/mol. The summed E-state index contributed by atoms with van der Waals surface area (Å²) >= 11 is 0. The maximum atomic E-state index is 5.44. The first-order valence-corrected chi connectivity index (χ1v) is 7.86. The zero-order chi connectivity index (χ0) is 16.0. The van der Waals surface area contributed by atoms with E-state index in [0.29, 0.717) is 0 Å². The summed E-state index contributed by atoms with van der Waals surface area (Å²) in [5, 5.41) is 0. The normalized spacial score (nSPS) is 13.9. The van der Waals surface area contributed by atoms with Crippen LogP contribution in [0.25, 0.3) is 6.08 Å². The molecule has 2 aromatic carbocycles. The van der Waals surface area contributed by atoms with E-state index in [0.717, 1.165) is 25.2 Å². The van der Waals surface area contributed by atoms with E-state index in [4.69, 9.17) is 9.47 Å². The van der Waals surface area contributed by atoms with Crippen LogP contribution in [0.15, 0.2) is 67.2 Å². The van der Waals surface area contributed by atoms with Gasteiger partial charge in [0, 0.05) is 5.56 Å². The fourth-order valence-corrected chi connectivity index (χ4v) is 1.88. The quantitative estimate of drug-likeness (QED) is 0.731. The highest BCUT2D eigenvalue weighted by molar-refractivity contribution is 5.45. The molecule has 0 amide bonds. The summed E-state index contributed by atoms with van der Waals surface area (Å²) in [6.07, 6.45) is 2.70. The molecule has 0 aliphatic carbocycles. The predicted octanol–water partition coefficient (Wildman–Crippen LogP) is 5.48. The molecule has 1 aliphatic heterocycles. The van der Waals surface area contributed by atoms with Crippen LogP contribution in [0.3, 0.4) is 0 Å². The third-order valence-electron chi connectivity index (χ3n) is 2.93. The topological polar surface area (TPSA) is 18.5 Å². The van der Waals surface area contributed by atoms with Gasteiger partial charge in [-0.1, -0.05) is 87.2 Å². The first kappa shape index (κ1) is 18.1. The van der Waals surface area contributed by atoms with Gasteiger partial charge >= 0.3 is 0 Å². The van der Waals surface area contributed by atoms with Crippen molar-refractivity contribution in [3.8, 4) is 0 Å². The van der Waals surface area contributed by atoms with Crippen molar-refractivity contribution in [2.75, 3.05) is 13.2 Å². The SMILES string of the molecule is C=Cc1ccccc1.CC.c1ccc(C2OCCCO2)cc1. The molecule has 0 aromatic heterocycles. The van der Waals surface area contributed by atoms with Crippen LogP contribution in [0.4, 0.5) is 0 Å². The molecule has 22 heavy (non-hydrogen) atoms. The maximum absolute atomic E-state index is 5.44. The molecule has 0 saturated carbocycles. The Morgan fingerprint density at radius 1 is 0.864 bits per heavy atom. The predicted molar refractivity (Wildman–Crippen MR) is 93.6 cm³/mol. The largest absolute Gasteiger partial charge is 0.348 e. The van der Waals surface area contributed by atoms with Gasteiger partial charge in [-0.25, -0.2) is 0 Å². The van der Waals surface area contributed by atoms with Gasteiger partial charge in [0.15, 0.2) is 6.29 Å². The summed E-state index contributed by atoms with van der Waals surface area (Å²) in [4.78, 5) is 0. The third-order valence-corrected chi connectivity index (χ3v) is 2.93. The maximum Gasteiger partial charge on any atom is 0.183 e. The molecular formula is C20H26O2. The molecule has 1 fully saturated rings. The fourth-order valence-electron chi connectivity index (χ4n) is 1.88. The van der Waals surface area contributed by atoms with Crippen LogP contribution in [-0.2, 0) is 9.47 Å². The van der Waals surface area contributed by atoms with E-state index < -0.39 is 0 Å². The highest BCUT2D eigenvalue weighted by Crippen LogP contribution is 2.21. The number of hydrogen-bond acceptors (Lipinski definition) is 2. The van der Waals surface area contributed by atoms with E-state index in [1.807, 2.05) is 80.6 Å². The van der Waals surface area contributed by atoms with Gasteiger partial charge in [-0.05, 0) is 12.0 Å². The van der Waals surface area contributed by atoms with Crippen molar-refractivity contribution in [1.29, 1.82) is 0 Å². The highest BCUT2D eigenvalue weighted by Gasteiger charge is 2.15.